The second-order valence-corrected chi connectivity index (χ2v) is 4.79. The van der Waals surface area contributed by atoms with Crippen molar-refractivity contribution in [3.05, 3.63) is 29.3 Å². The van der Waals surface area contributed by atoms with Gasteiger partial charge in [-0.05, 0) is 43.5 Å². The molecule has 0 aliphatic rings. The second-order valence-electron chi connectivity index (χ2n) is 4.79. The van der Waals surface area contributed by atoms with Crippen LogP contribution in [0.25, 0.3) is 0 Å². The zero-order valence-corrected chi connectivity index (χ0v) is 11.7. The fraction of sp³-hybridized carbons (Fsp3) is 0.533. The third-order valence-electron chi connectivity index (χ3n) is 2.78. The maximum atomic E-state index is 11.6. The number of hydrogen-bond acceptors (Lipinski definition) is 2. The number of hydrogen-bond donors (Lipinski definition) is 2. The molecule has 0 unspecified atom stereocenters. The van der Waals surface area contributed by atoms with Crippen LogP contribution in [-0.4, -0.2) is 19.0 Å². The SMILES string of the molecule is CCCCCNC(=O)CNc1cc(C)cc(C)c1. The van der Waals surface area contributed by atoms with E-state index in [9.17, 15) is 4.79 Å². The summed E-state index contributed by atoms with van der Waals surface area (Å²) < 4.78 is 0. The average molecular weight is 248 g/mol. The van der Waals surface area contributed by atoms with Crippen molar-refractivity contribution in [3.8, 4) is 0 Å². The fourth-order valence-corrected chi connectivity index (χ4v) is 1.92. The molecule has 18 heavy (non-hydrogen) atoms. The summed E-state index contributed by atoms with van der Waals surface area (Å²) in [5.74, 6) is 0.0604. The lowest BCUT2D eigenvalue weighted by molar-refractivity contribution is -0.119. The van der Waals surface area contributed by atoms with Crippen LogP contribution in [0.5, 0.6) is 0 Å². The highest BCUT2D eigenvalue weighted by Crippen LogP contribution is 2.13. The minimum Gasteiger partial charge on any atom is -0.376 e. The van der Waals surface area contributed by atoms with Crippen molar-refractivity contribution in [1.29, 1.82) is 0 Å². The Morgan fingerprint density at radius 3 is 2.39 bits per heavy atom. The number of benzene rings is 1. The summed E-state index contributed by atoms with van der Waals surface area (Å²) in [6.07, 6.45) is 3.41. The summed E-state index contributed by atoms with van der Waals surface area (Å²) >= 11 is 0. The number of carbonyl (C=O) groups excluding carboxylic acids is 1. The number of amides is 1. The lowest BCUT2D eigenvalue weighted by Gasteiger charge is -2.09. The van der Waals surface area contributed by atoms with E-state index in [0.29, 0.717) is 6.54 Å². The molecular weight excluding hydrogens is 224 g/mol. The van der Waals surface area contributed by atoms with Crippen LogP contribution in [0.4, 0.5) is 5.69 Å². The van der Waals surface area contributed by atoms with Gasteiger partial charge >= 0.3 is 0 Å². The number of anilines is 1. The van der Waals surface area contributed by atoms with Gasteiger partial charge in [0, 0.05) is 12.2 Å². The van der Waals surface area contributed by atoms with Gasteiger partial charge in [-0.3, -0.25) is 4.79 Å². The Morgan fingerprint density at radius 2 is 1.78 bits per heavy atom. The number of aryl methyl sites for hydroxylation is 2. The first-order valence-electron chi connectivity index (χ1n) is 6.70. The van der Waals surface area contributed by atoms with E-state index in [2.05, 4.69) is 49.6 Å². The Morgan fingerprint density at radius 1 is 1.11 bits per heavy atom. The van der Waals surface area contributed by atoms with Gasteiger partial charge in [-0.25, -0.2) is 0 Å². The third kappa shape index (κ3) is 5.71. The van der Waals surface area contributed by atoms with Crippen molar-refractivity contribution in [1.82, 2.24) is 5.32 Å². The summed E-state index contributed by atoms with van der Waals surface area (Å²) in [7, 11) is 0. The third-order valence-corrected chi connectivity index (χ3v) is 2.78. The Labute approximate surface area is 110 Å². The molecule has 1 rings (SSSR count). The summed E-state index contributed by atoms with van der Waals surface area (Å²) in [4.78, 5) is 11.6. The lowest BCUT2D eigenvalue weighted by atomic mass is 10.1. The van der Waals surface area contributed by atoms with Gasteiger partial charge in [0.25, 0.3) is 0 Å². The van der Waals surface area contributed by atoms with Crippen molar-refractivity contribution >= 4 is 11.6 Å². The van der Waals surface area contributed by atoms with Crippen molar-refractivity contribution in [2.45, 2.75) is 40.0 Å². The first-order valence-corrected chi connectivity index (χ1v) is 6.70. The van der Waals surface area contributed by atoms with Crippen LogP contribution >= 0.6 is 0 Å². The Hall–Kier alpha value is -1.51. The highest BCUT2D eigenvalue weighted by atomic mass is 16.1. The molecule has 0 aliphatic carbocycles. The molecule has 100 valence electrons. The first-order chi connectivity index (χ1) is 8.61. The predicted octanol–water partition coefficient (Wildman–Crippen LogP) is 3.02. The Bertz CT molecular complexity index is 368. The molecule has 1 amide bonds. The van der Waals surface area contributed by atoms with E-state index in [1.807, 2.05) is 0 Å². The molecule has 2 N–H and O–H groups in total. The van der Waals surface area contributed by atoms with E-state index in [4.69, 9.17) is 0 Å². The van der Waals surface area contributed by atoms with Gasteiger partial charge in [-0.2, -0.15) is 0 Å². The monoisotopic (exact) mass is 248 g/mol. The average Bonchev–Trinajstić information content (AvgIpc) is 2.31. The maximum Gasteiger partial charge on any atom is 0.239 e. The zero-order valence-electron chi connectivity index (χ0n) is 11.7. The summed E-state index contributed by atoms with van der Waals surface area (Å²) in [5.41, 5.74) is 3.43. The molecule has 0 radical (unpaired) electrons. The van der Waals surface area contributed by atoms with Crippen LogP contribution in [0.3, 0.4) is 0 Å². The van der Waals surface area contributed by atoms with E-state index in [1.54, 1.807) is 0 Å². The molecule has 1 aromatic rings. The molecule has 0 saturated carbocycles. The fourth-order valence-electron chi connectivity index (χ4n) is 1.92. The van der Waals surface area contributed by atoms with Crippen molar-refractivity contribution in [2.24, 2.45) is 0 Å². The zero-order chi connectivity index (χ0) is 13.4. The van der Waals surface area contributed by atoms with E-state index in [0.717, 1.165) is 18.7 Å². The molecule has 1 aromatic carbocycles. The van der Waals surface area contributed by atoms with Crippen LogP contribution in [0.1, 0.15) is 37.3 Å². The molecule has 0 saturated heterocycles. The van der Waals surface area contributed by atoms with E-state index >= 15 is 0 Å². The minimum atomic E-state index is 0.0604. The van der Waals surface area contributed by atoms with Gasteiger partial charge in [0.05, 0.1) is 6.54 Å². The van der Waals surface area contributed by atoms with Gasteiger partial charge in [0.2, 0.25) is 5.91 Å². The number of carbonyl (C=O) groups is 1. The quantitative estimate of drug-likeness (QED) is 0.728. The summed E-state index contributed by atoms with van der Waals surface area (Å²) in [6, 6.07) is 6.23. The van der Waals surface area contributed by atoms with Crippen LogP contribution in [0.2, 0.25) is 0 Å². The summed E-state index contributed by atoms with van der Waals surface area (Å²) in [5, 5.41) is 6.07. The Kier molecular flexibility index (Phi) is 6.26. The molecule has 3 nitrogen and oxygen atoms in total. The molecule has 0 fully saturated rings. The molecule has 3 heteroatoms. The van der Waals surface area contributed by atoms with E-state index < -0.39 is 0 Å². The molecule has 0 bridgehead atoms. The molecule has 0 spiro atoms. The van der Waals surface area contributed by atoms with Gasteiger partial charge in [0.1, 0.15) is 0 Å². The van der Waals surface area contributed by atoms with Crippen LogP contribution < -0.4 is 10.6 Å². The molecule has 0 aromatic heterocycles. The standard InChI is InChI=1S/C15H24N2O/c1-4-5-6-7-16-15(18)11-17-14-9-12(2)8-13(3)10-14/h8-10,17H,4-7,11H2,1-3H3,(H,16,18). The number of nitrogens with one attached hydrogen (secondary N) is 2. The molecule has 0 aliphatic heterocycles. The highest BCUT2D eigenvalue weighted by Gasteiger charge is 2.01. The highest BCUT2D eigenvalue weighted by molar-refractivity contribution is 5.80. The van der Waals surface area contributed by atoms with Crippen molar-refractivity contribution in [2.75, 3.05) is 18.4 Å². The van der Waals surface area contributed by atoms with Crippen molar-refractivity contribution < 1.29 is 4.79 Å². The van der Waals surface area contributed by atoms with Gasteiger partial charge in [-0.15, -0.1) is 0 Å². The van der Waals surface area contributed by atoms with E-state index in [-0.39, 0.29) is 5.91 Å². The van der Waals surface area contributed by atoms with Crippen LogP contribution in [0, 0.1) is 13.8 Å². The topological polar surface area (TPSA) is 41.1 Å². The van der Waals surface area contributed by atoms with Crippen LogP contribution in [-0.2, 0) is 4.79 Å². The van der Waals surface area contributed by atoms with Gasteiger partial charge < -0.3 is 10.6 Å². The normalized spacial score (nSPS) is 10.2. The molecule has 0 heterocycles. The molecular formula is C15H24N2O. The predicted molar refractivity (Wildman–Crippen MR) is 76.9 cm³/mol. The lowest BCUT2D eigenvalue weighted by Crippen LogP contribution is -2.30. The second kappa shape index (κ2) is 7.75. The smallest absolute Gasteiger partial charge is 0.239 e. The number of unbranched alkanes of at least 4 members (excludes halogenated alkanes) is 2. The van der Waals surface area contributed by atoms with E-state index in [1.165, 1.54) is 24.0 Å². The van der Waals surface area contributed by atoms with Crippen molar-refractivity contribution in [3.63, 3.8) is 0 Å². The van der Waals surface area contributed by atoms with Crippen LogP contribution in [0.15, 0.2) is 18.2 Å². The summed E-state index contributed by atoms with van der Waals surface area (Å²) in [6.45, 7) is 7.39. The van der Waals surface area contributed by atoms with Gasteiger partial charge in [-0.1, -0.05) is 25.8 Å². The van der Waals surface area contributed by atoms with Gasteiger partial charge in [0.15, 0.2) is 0 Å². The largest absolute Gasteiger partial charge is 0.376 e. The molecule has 0 atom stereocenters. The maximum absolute atomic E-state index is 11.6. The Balaban J connectivity index is 2.29. The number of rotatable bonds is 7. The first kappa shape index (κ1) is 14.6. The minimum absolute atomic E-state index is 0.0604.